The third kappa shape index (κ3) is 5.94. The molecule has 1 amide bonds. The average molecular weight is 489 g/mol. The van der Waals surface area contributed by atoms with E-state index in [1.807, 2.05) is 26.8 Å². The molecular weight excluding hydrogens is 452 g/mol. The Morgan fingerprint density at radius 2 is 1.81 bits per heavy atom. The molecule has 0 bridgehead atoms. The van der Waals surface area contributed by atoms with Crippen molar-refractivity contribution >= 4 is 17.4 Å². The molecule has 1 aliphatic rings. The molecule has 4 rings (SSSR count). The number of piperazine rings is 1. The van der Waals surface area contributed by atoms with Gasteiger partial charge in [-0.25, -0.2) is 4.98 Å². The maximum atomic E-state index is 13.3. The Morgan fingerprint density at radius 1 is 1.08 bits per heavy atom. The first-order valence-electron chi connectivity index (χ1n) is 12.6. The average Bonchev–Trinajstić information content (AvgIpc) is 2.89. The molecule has 8 nitrogen and oxygen atoms in total. The number of carbonyl (C=O) groups is 1. The smallest absolute Gasteiger partial charge is 0.297 e. The van der Waals surface area contributed by atoms with Crippen molar-refractivity contribution in [2.45, 2.75) is 39.8 Å². The summed E-state index contributed by atoms with van der Waals surface area (Å²) in [5.41, 5.74) is 4.13. The van der Waals surface area contributed by atoms with Crippen LogP contribution >= 0.6 is 0 Å². The quantitative estimate of drug-likeness (QED) is 0.506. The topological polar surface area (TPSA) is 82.5 Å². The summed E-state index contributed by atoms with van der Waals surface area (Å²) in [5.74, 6) is 0.126. The van der Waals surface area contributed by atoms with Gasteiger partial charge in [0, 0.05) is 62.4 Å². The molecule has 2 heterocycles. The SMILES string of the molecule is CCC(C)NC(=O)c1ccc(C)c(-n2ccnc(NCc3ccc(N4CCN(C)CC4)cc3)c2=O)c1. The highest BCUT2D eigenvalue weighted by molar-refractivity contribution is 5.95. The number of carbonyl (C=O) groups excluding carboxylic acids is 1. The first kappa shape index (κ1) is 25.4. The van der Waals surface area contributed by atoms with Crippen LogP contribution < -0.4 is 21.1 Å². The highest BCUT2D eigenvalue weighted by atomic mass is 16.1. The van der Waals surface area contributed by atoms with Gasteiger partial charge < -0.3 is 20.4 Å². The summed E-state index contributed by atoms with van der Waals surface area (Å²) >= 11 is 0. The Balaban J connectivity index is 1.48. The van der Waals surface area contributed by atoms with Crippen LogP contribution in [0.15, 0.2) is 59.7 Å². The van der Waals surface area contributed by atoms with Gasteiger partial charge in [0.15, 0.2) is 5.82 Å². The van der Waals surface area contributed by atoms with Gasteiger partial charge in [-0.1, -0.05) is 25.1 Å². The third-order valence-electron chi connectivity index (χ3n) is 6.83. The summed E-state index contributed by atoms with van der Waals surface area (Å²) in [7, 11) is 2.15. The molecule has 2 aromatic carbocycles. The molecule has 1 fully saturated rings. The number of aromatic nitrogens is 2. The predicted octanol–water partition coefficient (Wildman–Crippen LogP) is 3.43. The van der Waals surface area contributed by atoms with Crippen LogP contribution in [0.4, 0.5) is 11.5 Å². The van der Waals surface area contributed by atoms with E-state index in [4.69, 9.17) is 0 Å². The van der Waals surface area contributed by atoms with Gasteiger partial charge in [-0.3, -0.25) is 14.2 Å². The molecule has 0 spiro atoms. The molecule has 1 unspecified atom stereocenters. The molecule has 36 heavy (non-hydrogen) atoms. The van der Waals surface area contributed by atoms with Gasteiger partial charge in [-0.05, 0) is 62.7 Å². The summed E-state index contributed by atoms with van der Waals surface area (Å²) in [5, 5.41) is 6.17. The van der Waals surface area contributed by atoms with E-state index in [2.05, 4.69) is 56.7 Å². The lowest BCUT2D eigenvalue weighted by atomic mass is 10.1. The lowest BCUT2D eigenvalue weighted by molar-refractivity contribution is 0.0939. The van der Waals surface area contributed by atoms with Crippen LogP contribution in [0.3, 0.4) is 0 Å². The van der Waals surface area contributed by atoms with E-state index in [9.17, 15) is 9.59 Å². The first-order chi connectivity index (χ1) is 17.4. The summed E-state index contributed by atoms with van der Waals surface area (Å²) in [6.45, 7) is 10.6. The molecule has 1 aliphatic heterocycles. The standard InChI is InChI=1S/C28H36N6O2/c1-5-21(3)31-27(35)23-9-6-20(2)25(18-23)34-13-12-29-26(28(34)36)30-19-22-7-10-24(11-8-22)33-16-14-32(4)15-17-33/h6-13,18,21H,5,14-17,19H2,1-4H3,(H,29,30)(H,31,35). The van der Waals surface area contributed by atoms with Crippen molar-refractivity contribution < 1.29 is 4.79 Å². The van der Waals surface area contributed by atoms with Crippen molar-refractivity contribution in [3.05, 3.63) is 81.9 Å². The maximum absolute atomic E-state index is 13.3. The molecule has 0 radical (unpaired) electrons. The predicted molar refractivity (Wildman–Crippen MR) is 145 cm³/mol. The minimum absolute atomic E-state index is 0.0809. The van der Waals surface area contributed by atoms with Crippen LogP contribution in [0, 0.1) is 6.92 Å². The molecule has 190 valence electrons. The Morgan fingerprint density at radius 3 is 2.50 bits per heavy atom. The largest absolute Gasteiger partial charge is 0.369 e. The summed E-state index contributed by atoms with van der Waals surface area (Å²) < 4.78 is 1.54. The van der Waals surface area contributed by atoms with E-state index >= 15 is 0 Å². The van der Waals surface area contributed by atoms with Crippen LogP contribution in [-0.4, -0.2) is 59.6 Å². The number of amides is 1. The van der Waals surface area contributed by atoms with Crippen LogP contribution in [-0.2, 0) is 6.54 Å². The number of nitrogens with one attached hydrogen (secondary N) is 2. The zero-order chi connectivity index (χ0) is 25.7. The minimum Gasteiger partial charge on any atom is -0.369 e. The van der Waals surface area contributed by atoms with E-state index < -0.39 is 0 Å². The molecule has 3 aromatic rings. The van der Waals surface area contributed by atoms with Gasteiger partial charge in [0.05, 0.1) is 5.69 Å². The van der Waals surface area contributed by atoms with Crippen LogP contribution in [0.25, 0.3) is 5.69 Å². The molecule has 8 heteroatoms. The van der Waals surface area contributed by atoms with Crippen molar-refractivity contribution in [2.24, 2.45) is 0 Å². The zero-order valence-corrected chi connectivity index (χ0v) is 21.6. The maximum Gasteiger partial charge on any atom is 0.297 e. The molecule has 2 N–H and O–H groups in total. The Hall–Kier alpha value is -3.65. The van der Waals surface area contributed by atoms with E-state index in [1.165, 1.54) is 5.69 Å². The number of benzene rings is 2. The highest BCUT2D eigenvalue weighted by Crippen LogP contribution is 2.18. The molecule has 1 saturated heterocycles. The number of anilines is 2. The van der Waals surface area contributed by atoms with E-state index in [1.54, 1.807) is 29.1 Å². The first-order valence-corrected chi connectivity index (χ1v) is 12.6. The molecule has 0 aliphatic carbocycles. The van der Waals surface area contributed by atoms with Gasteiger partial charge >= 0.3 is 0 Å². The number of aryl methyl sites for hydroxylation is 1. The second-order valence-electron chi connectivity index (χ2n) is 9.55. The van der Waals surface area contributed by atoms with E-state index in [-0.39, 0.29) is 23.3 Å². The highest BCUT2D eigenvalue weighted by Gasteiger charge is 2.15. The lowest BCUT2D eigenvalue weighted by Gasteiger charge is -2.34. The van der Waals surface area contributed by atoms with Crippen LogP contribution in [0.5, 0.6) is 0 Å². The second kappa shape index (κ2) is 11.4. The minimum atomic E-state index is -0.255. The number of likely N-dealkylation sites (N-methyl/N-ethyl adjacent to an activating group) is 1. The summed E-state index contributed by atoms with van der Waals surface area (Å²) in [6, 6.07) is 13.9. The summed E-state index contributed by atoms with van der Waals surface area (Å²) in [4.78, 5) is 34.9. The van der Waals surface area contributed by atoms with Crippen LogP contribution in [0.1, 0.15) is 41.8 Å². The molecule has 0 saturated carbocycles. The van der Waals surface area contributed by atoms with Gasteiger partial charge in [0.25, 0.3) is 11.5 Å². The second-order valence-corrected chi connectivity index (χ2v) is 9.55. The van der Waals surface area contributed by atoms with E-state index in [0.29, 0.717) is 17.8 Å². The normalized spacial score (nSPS) is 14.9. The number of nitrogens with zero attached hydrogens (tertiary/aromatic N) is 4. The fourth-order valence-electron chi connectivity index (χ4n) is 4.22. The molecular formula is C28H36N6O2. The lowest BCUT2D eigenvalue weighted by Crippen LogP contribution is -2.44. The molecule has 1 aromatic heterocycles. The van der Waals surface area contributed by atoms with Crippen molar-refractivity contribution in [1.82, 2.24) is 19.8 Å². The number of hydrogen-bond acceptors (Lipinski definition) is 6. The monoisotopic (exact) mass is 488 g/mol. The fourth-order valence-corrected chi connectivity index (χ4v) is 4.22. The Labute approximate surface area is 213 Å². The number of hydrogen-bond donors (Lipinski definition) is 2. The van der Waals surface area contributed by atoms with Crippen molar-refractivity contribution in [1.29, 1.82) is 0 Å². The Bertz CT molecular complexity index is 1250. The van der Waals surface area contributed by atoms with Gasteiger partial charge in [0.1, 0.15) is 0 Å². The van der Waals surface area contributed by atoms with Gasteiger partial charge in [-0.15, -0.1) is 0 Å². The zero-order valence-electron chi connectivity index (χ0n) is 21.6. The fraction of sp³-hybridized carbons (Fsp3) is 0.393. The van der Waals surface area contributed by atoms with Gasteiger partial charge in [0.2, 0.25) is 0 Å². The number of rotatable bonds is 8. The molecule has 1 atom stereocenters. The van der Waals surface area contributed by atoms with E-state index in [0.717, 1.165) is 43.7 Å². The van der Waals surface area contributed by atoms with Gasteiger partial charge in [-0.2, -0.15) is 0 Å². The van der Waals surface area contributed by atoms with Crippen LogP contribution in [0.2, 0.25) is 0 Å². The van der Waals surface area contributed by atoms with Crippen molar-refractivity contribution in [3.8, 4) is 5.69 Å². The summed E-state index contributed by atoms with van der Waals surface area (Å²) in [6.07, 6.45) is 4.09. The van der Waals surface area contributed by atoms with Crippen molar-refractivity contribution in [3.63, 3.8) is 0 Å². The van der Waals surface area contributed by atoms with Crippen molar-refractivity contribution in [2.75, 3.05) is 43.4 Å². The third-order valence-corrected chi connectivity index (χ3v) is 6.83. The Kier molecular flexibility index (Phi) is 8.05.